The van der Waals surface area contributed by atoms with Gasteiger partial charge in [-0.05, 0) is 17.7 Å². The van der Waals surface area contributed by atoms with Crippen LogP contribution in [-0.2, 0) is 0 Å². The van der Waals surface area contributed by atoms with Crippen molar-refractivity contribution in [3.63, 3.8) is 0 Å². The first kappa shape index (κ1) is 12.5. The van der Waals surface area contributed by atoms with Crippen molar-refractivity contribution in [2.24, 2.45) is 5.92 Å². The highest BCUT2D eigenvalue weighted by atomic mass is 35.5. The highest BCUT2D eigenvalue weighted by Crippen LogP contribution is 2.26. The fourth-order valence-corrected chi connectivity index (χ4v) is 2.91. The van der Waals surface area contributed by atoms with Crippen molar-refractivity contribution in [2.45, 2.75) is 10.3 Å². The van der Waals surface area contributed by atoms with Crippen LogP contribution in [0.5, 0.6) is 0 Å². The third-order valence-corrected chi connectivity index (χ3v) is 4.39. The van der Waals surface area contributed by atoms with Gasteiger partial charge in [0.05, 0.1) is 5.38 Å². The van der Waals surface area contributed by atoms with E-state index in [0.717, 1.165) is 11.3 Å². The van der Waals surface area contributed by atoms with Crippen LogP contribution in [0.3, 0.4) is 0 Å². The van der Waals surface area contributed by atoms with Gasteiger partial charge in [0.15, 0.2) is 0 Å². The Hall–Kier alpha value is -0.920. The van der Waals surface area contributed by atoms with Gasteiger partial charge in [-0.2, -0.15) is 0 Å². The van der Waals surface area contributed by atoms with Crippen molar-refractivity contribution in [3.05, 3.63) is 66.8 Å². The molecule has 1 aliphatic rings. The Morgan fingerprint density at radius 3 is 2.47 bits per heavy atom. The van der Waals surface area contributed by atoms with Crippen LogP contribution in [0.15, 0.2) is 71.7 Å². The van der Waals surface area contributed by atoms with E-state index in [-0.39, 0.29) is 5.38 Å². The molecule has 0 spiro atoms. The third kappa shape index (κ3) is 3.79. The van der Waals surface area contributed by atoms with Crippen LogP contribution < -0.4 is 0 Å². The summed E-state index contributed by atoms with van der Waals surface area (Å²) in [5.41, 5.74) is 1.04. The summed E-state index contributed by atoms with van der Waals surface area (Å²) in [7, 11) is 0. The van der Waals surface area contributed by atoms with E-state index >= 15 is 0 Å². The van der Waals surface area contributed by atoms with E-state index in [1.165, 1.54) is 4.90 Å². The number of rotatable bonds is 4. The molecular formula is C15H15ClS. The molecule has 1 unspecified atom stereocenters. The minimum absolute atomic E-state index is 0.126. The molecule has 1 aromatic rings. The van der Waals surface area contributed by atoms with E-state index in [2.05, 4.69) is 43.0 Å². The lowest BCUT2D eigenvalue weighted by Gasteiger charge is -2.17. The minimum Gasteiger partial charge on any atom is -0.125 e. The Bertz CT molecular complexity index is 417. The quantitative estimate of drug-likeness (QED) is 0.561. The van der Waals surface area contributed by atoms with Gasteiger partial charge >= 0.3 is 0 Å². The van der Waals surface area contributed by atoms with Gasteiger partial charge < -0.3 is 0 Å². The molecule has 0 saturated carbocycles. The van der Waals surface area contributed by atoms with Crippen LogP contribution in [0.4, 0.5) is 0 Å². The Morgan fingerprint density at radius 1 is 1.18 bits per heavy atom. The molecule has 0 saturated heterocycles. The summed E-state index contributed by atoms with van der Waals surface area (Å²) in [5.74, 6) is 1.23. The molecule has 0 bridgehead atoms. The molecular weight excluding hydrogens is 248 g/mol. The zero-order chi connectivity index (χ0) is 12.1. The van der Waals surface area contributed by atoms with Gasteiger partial charge in [-0.15, -0.1) is 23.4 Å². The standard InChI is InChI=1S/C15H15ClS/c1-12-7-9-13(10-8-12)15(16)11-17-14-5-3-2-4-6-14/h2-10,13,15H,1,11H2. The molecule has 1 atom stereocenters. The van der Waals surface area contributed by atoms with Crippen molar-refractivity contribution in [2.75, 3.05) is 5.75 Å². The van der Waals surface area contributed by atoms with E-state index in [1.807, 2.05) is 18.2 Å². The zero-order valence-electron chi connectivity index (χ0n) is 9.55. The number of allylic oxidation sites excluding steroid dienone is 5. The van der Waals surface area contributed by atoms with Crippen LogP contribution in [0.1, 0.15) is 0 Å². The average Bonchev–Trinajstić information content (AvgIpc) is 2.38. The van der Waals surface area contributed by atoms with Crippen molar-refractivity contribution in [1.82, 2.24) is 0 Å². The monoisotopic (exact) mass is 262 g/mol. The second kappa shape index (κ2) is 6.13. The summed E-state index contributed by atoms with van der Waals surface area (Å²) in [6, 6.07) is 10.4. The lowest BCUT2D eigenvalue weighted by atomic mass is 9.98. The highest BCUT2D eigenvalue weighted by molar-refractivity contribution is 7.99. The summed E-state index contributed by atoms with van der Waals surface area (Å²) < 4.78 is 0. The normalized spacial score (nSPS) is 17.4. The van der Waals surface area contributed by atoms with Gasteiger partial charge in [-0.1, -0.05) is 49.1 Å². The van der Waals surface area contributed by atoms with Crippen LogP contribution in [0.25, 0.3) is 0 Å². The second-order valence-electron chi connectivity index (χ2n) is 4.01. The van der Waals surface area contributed by atoms with Crippen molar-refractivity contribution in [1.29, 1.82) is 0 Å². The Morgan fingerprint density at radius 2 is 1.82 bits per heavy atom. The molecule has 2 rings (SSSR count). The van der Waals surface area contributed by atoms with E-state index in [9.17, 15) is 0 Å². The first-order valence-corrected chi connectivity index (χ1v) is 7.05. The van der Waals surface area contributed by atoms with Crippen molar-refractivity contribution >= 4 is 23.4 Å². The number of halogens is 1. The largest absolute Gasteiger partial charge is 0.125 e. The molecule has 1 aromatic carbocycles. The third-order valence-electron chi connectivity index (χ3n) is 2.64. The topological polar surface area (TPSA) is 0 Å². The molecule has 0 N–H and O–H groups in total. The highest BCUT2D eigenvalue weighted by Gasteiger charge is 2.15. The maximum atomic E-state index is 6.40. The average molecular weight is 263 g/mol. The molecule has 0 radical (unpaired) electrons. The Labute approximate surface area is 112 Å². The minimum atomic E-state index is 0.126. The molecule has 0 aliphatic heterocycles. The Balaban J connectivity index is 1.86. The molecule has 0 nitrogen and oxygen atoms in total. The summed E-state index contributed by atoms with van der Waals surface area (Å²) >= 11 is 8.21. The van der Waals surface area contributed by atoms with E-state index in [4.69, 9.17) is 11.6 Å². The fraction of sp³-hybridized carbons (Fsp3) is 0.200. The maximum absolute atomic E-state index is 6.40. The van der Waals surface area contributed by atoms with Gasteiger partial charge in [0, 0.05) is 16.6 Å². The molecule has 88 valence electrons. The molecule has 0 amide bonds. The lowest BCUT2D eigenvalue weighted by molar-refractivity contribution is 0.786. The van der Waals surface area contributed by atoms with Crippen LogP contribution in [0.2, 0.25) is 0 Å². The summed E-state index contributed by atoms with van der Waals surface area (Å²) in [5, 5.41) is 0.126. The Kier molecular flexibility index (Phi) is 4.52. The number of thioether (sulfide) groups is 1. The second-order valence-corrected chi connectivity index (χ2v) is 5.66. The first-order chi connectivity index (χ1) is 8.25. The molecule has 2 heteroatoms. The summed E-state index contributed by atoms with van der Waals surface area (Å²) in [6.45, 7) is 3.88. The number of benzene rings is 1. The fourth-order valence-electron chi connectivity index (χ4n) is 1.63. The molecule has 17 heavy (non-hydrogen) atoms. The van der Waals surface area contributed by atoms with Gasteiger partial charge in [-0.25, -0.2) is 0 Å². The summed E-state index contributed by atoms with van der Waals surface area (Å²) in [6.07, 6.45) is 8.33. The maximum Gasteiger partial charge on any atom is 0.0527 e. The van der Waals surface area contributed by atoms with Crippen LogP contribution in [0, 0.1) is 5.92 Å². The zero-order valence-corrected chi connectivity index (χ0v) is 11.1. The first-order valence-electron chi connectivity index (χ1n) is 5.63. The van der Waals surface area contributed by atoms with Gasteiger partial charge in [-0.3, -0.25) is 0 Å². The number of hydrogen-bond donors (Lipinski definition) is 0. The molecule has 1 aliphatic carbocycles. The lowest BCUT2D eigenvalue weighted by Crippen LogP contribution is -2.14. The van der Waals surface area contributed by atoms with Crippen molar-refractivity contribution < 1.29 is 0 Å². The number of hydrogen-bond acceptors (Lipinski definition) is 1. The predicted molar refractivity (Wildman–Crippen MR) is 77.7 cm³/mol. The van der Waals surface area contributed by atoms with Crippen LogP contribution >= 0.6 is 23.4 Å². The predicted octanol–water partition coefficient (Wildman–Crippen LogP) is 4.68. The van der Waals surface area contributed by atoms with Gasteiger partial charge in [0.1, 0.15) is 0 Å². The van der Waals surface area contributed by atoms with Gasteiger partial charge in [0.25, 0.3) is 0 Å². The smallest absolute Gasteiger partial charge is 0.0527 e. The molecule has 0 fully saturated rings. The van der Waals surface area contributed by atoms with E-state index < -0.39 is 0 Å². The number of alkyl halides is 1. The van der Waals surface area contributed by atoms with Gasteiger partial charge in [0.2, 0.25) is 0 Å². The molecule has 0 heterocycles. The summed E-state index contributed by atoms with van der Waals surface area (Å²) in [4.78, 5) is 1.27. The molecule has 0 aromatic heterocycles. The van der Waals surface area contributed by atoms with E-state index in [0.29, 0.717) is 5.92 Å². The van der Waals surface area contributed by atoms with Crippen LogP contribution in [-0.4, -0.2) is 11.1 Å². The van der Waals surface area contributed by atoms with Crippen molar-refractivity contribution in [3.8, 4) is 0 Å². The SMILES string of the molecule is C=C1C=CC(C(Cl)CSc2ccccc2)C=C1. The van der Waals surface area contributed by atoms with E-state index in [1.54, 1.807) is 11.8 Å².